The van der Waals surface area contributed by atoms with Crippen molar-refractivity contribution in [3.8, 4) is 0 Å². The van der Waals surface area contributed by atoms with E-state index in [1.54, 1.807) is 38.1 Å². The summed E-state index contributed by atoms with van der Waals surface area (Å²) >= 11 is 0. The van der Waals surface area contributed by atoms with Crippen LogP contribution in [-0.4, -0.2) is 66.8 Å². The minimum absolute atomic E-state index is 0.0197. The van der Waals surface area contributed by atoms with Crippen LogP contribution in [0.3, 0.4) is 0 Å². The van der Waals surface area contributed by atoms with E-state index in [1.807, 2.05) is 0 Å². The van der Waals surface area contributed by atoms with Crippen LogP contribution in [-0.2, 0) is 40.5 Å². The molecule has 0 saturated heterocycles. The third-order valence-corrected chi connectivity index (χ3v) is 12.6. The molecule has 7 N–H and O–H groups in total. The maximum Gasteiger partial charge on any atom is 0.351 e. The normalized spacial score (nSPS) is 12.7. The molecule has 0 spiro atoms. The molecule has 1 aromatic heterocycles. The highest BCUT2D eigenvalue weighted by molar-refractivity contribution is 7.87. The summed E-state index contributed by atoms with van der Waals surface area (Å²) < 4.78 is 136. The number of H-pyrrole nitrogens is 1. The summed E-state index contributed by atoms with van der Waals surface area (Å²) in [6.45, 7) is 3.33. The van der Waals surface area contributed by atoms with E-state index in [1.165, 1.54) is 48.5 Å². The maximum absolute atomic E-state index is 12.5. The van der Waals surface area contributed by atoms with Gasteiger partial charge in [0.1, 0.15) is 19.6 Å². The highest BCUT2D eigenvalue weighted by atomic mass is 32.2. The summed E-state index contributed by atoms with van der Waals surface area (Å²) in [6, 6.07) is 20.8. The number of anilines is 4. The summed E-state index contributed by atoms with van der Waals surface area (Å²) in [5.41, 5.74) is 1.39. The van der Waals surface area contributed by atoms with Crippen molar-refractivity contribution in [2.75, 3.05) is 10.6 Å². The molecule has 63 heavy (non-hydrogen) atoms. The number of aryl methyl sites for hydroxylation is 2. The minimum atomic E-state index is -4.87. The Labute approximate surface area is 356 Å². The molecule has 0 fully saturated rings. The molecule has 26 heteroatoms. The molecule has 0 radical (unpaired) electrons. The highest BCUT2D eigenvalue weighted by Gasteiger charge is 2.23. The lowest BCUT2D eigenvalue weighted by molar-refractivity contribution is 0.481. The fourth-order valence-electron chi connectivity index (χ4n) is 6.29. The molecule has 22 nitrogen and oxygen atoms in total. The SMILES string of the molecule is Cc1cc(Nc2nc(Nc3ccc(N=Nc4cc(S(=O)(=O)O)c5cccc(S(=O)(=O)O)c5c4)c(C)c3)[nH]c(=O)n2)ccc1N=Nc1cc(S(=O)(=O)O)c2cccc(S(=O)(=O)O)c2c1. The zero-order valence-corrected chi connectivity index (χ0v) is 35.3. The molecule has 0 aliphatic rings. The topological polar surface area (TPSA) is 350 Å². The van der Waals surface area contributed by atoms with Gasteiger partial charge in [-0.05, 0) is 97.8 Å². The minimum Gasteiger partial charge on any atom is -0.326 e. The van der Waals surface area contributed by atoms with Crippen LogP contribution in [0, 0.1) is 13.8 Å². The van der Waals surface area contributed by atoms with Gasteiger partial charge in [-0.15, -0.1) is 0 Å². The van der Waals surface area contributed by atoms with Crippen LogP contribution in [0.1, 0.15) is 11.1 Å². The van der Waals surface area contributed by atoms with Crippen LogP contribution in [0.5, 0.6) is 0 Å². The van der Waals surface area contributed by atoms with Gasteiger partial charge in [0.05, 0.1) is 22.7 Å². The van der Waals surface area contributed by atoms with Gasteiger partial charge in [0, 0.05) is 32.9 Å². The number of nitrogens with zero attached hydrogens (tertiary/aromatic N) is 6. The van der Waals surface area contributed by atoms with Crippen molar-refractivity contribution >= 4 is 108 Å². The molecule has 0 amide bonds. The Kier molecular flexibility index (Phi) is 11.5. The van der Waals surface area contributed by atoms with Crippen LogP contribution in [0.15, 0.2) is 142 Å². The number of fused-ring (bicyclic) bond motifs is 2. The van der Waals surface area contributed by atoms with E-state index in [4.69, 9.17) is 0 Å². The molecular weight excluding hydrogens is 907 g/mol. The van der Waals surface area contributed by atoms with Crippen molar-refractivity contribution in [3.05, 3.63) is 119 Å². The number of hydrogen-bond donors (Lipinski definition) is 7. The summed E-state index contributed by atoms with van der Waals surface area (Å²) in [7, 11) is -19.3. The number of azo groups is 2. The van der Waals surface area contributed by atoms with Crippen molar-refractivity contribution in [1.29, 1.82) is 0 Å². The number of aromatic nitrogens is 3. The average Bonchev–Trinajstić information content (AvgIpc) is 3.17. The second-order valence-electron chi connectivity index (χ2n) is 13.5. The molecule has 0 aliphatic carbocycles. The molecule has 7 aromatic rings. The number of benzene rings is 6. The Morgan fingerprint density at radius 3 is 1.33 bits per heavy atom. The fraction of sp³-hybridized carbons (Fsp3) is 0.0541. The van der Waals surface area contributed by atoms with Gasteiger partial charge in [-0.1, -0.05) is 24.3 Å². The van der Waals surface area contributed by atoms with Gasteiger partial charge >= 0.3 is 5.69 Å². The molecule has 7 rings (SSSR count). The third kappa shape index (κ3) is 9.92. The monoisotopic (exact) mass is 935 g/mol. The lowest BCUT2D eigenvalue weighted by Crippen LogP contribution is -2.16. The van der Waals surface area contributed by atoms with E-state index in [2.05, 4.69) is 46.0 Å². The molecular formula is C37H29N9O13S4. The fourth-order valence-corrected chi connectivity index (χ4v) is 9.14. The largest absolute Gasteiger partial charge is 0.351 e. The van der Waals surface area contributed by atoms with Gasteiger partial charge in [-0.3, -0.25) is 23.2 Å². The zero-order valence-electron chi connectivity index (χ0n) is 32.0. The number of aromatic amines is 1. The van der Waals surface area contributed by atoms with Crippen molar-refractivity contribution in [1.82, 2.24) is 15.0 Å². The smallest absolute Gasteiger partial charge is 0.326 e. The summed E-state index contributed by atoms with van der Waals surface area (Å²) in [5, 5.41) is 21.4. The number of nitrogens with one attached hydrogen (secondary N) is 3. The molecule has 324 valence electrons. The van der Waals surface area contributed by atoms with Crippen LogP contribution in [0.25, 0.3) is 21.5 Å². The van der Waals surface area contributed by atoms with E-state index in [-0.39, 0.29) is 50.5 Å². The van der Waals surface area contributed by atoms with E-state index in [9.17, 15) is 56.7 Å². The molecule has 0 saturated carbocycles. The Bertz CT molecular complexity index is 3410. The van der Waals surface area contributed by atoms with Gasteiger partial charge in [-0.25, -0.2) is 4.79 Å². The zero-order chi connectivity index (χ0) is 45.6. The first-order valence-electron chi connectivity index (χ1n) is 17.5. The second kappa shape index (κ2) is 16.4. The van der Waals surface area contributed by atoms with E-state index < -0.39 is 65.7 Å². The summed E-state index contributed by atoms with van der Waals surface area (Å²) in [6.07, 6.45) is 0. The Morgan fingerprint density at radius 2 is 0.921 bits per heavy atom. The van der Waals surface area contributed by atoms with Gasteiger partial charge in [-0.2, -0.15) is 64.1 Å². The molecule has 0 bridgehead atoms. The summed E-state index contributed by atoms with van der Waals surface area (Å²) in [5.74, 6) is -0.133. The van der Waals surface area contributed by atoms with Crippen molar-refractivity contribution in [2.24, 2.45) is 20.5 Å². The highest BCUT2D eigenvalue weighted by Crippen LogP contribution is 2.36. The molecule has 1 heterocycles. The van der Waals surface area contributed by atoms with E-state index in [0.717, 1.165) is 24.3 Å². The van der Waals surface area contributed by atoms with Crippen molar-refractivity contribution < 1.29 is 51.9 Å². The van der Waals surface area contributed by atoms with Gasteiger partial charge in [0.25, 0.3) is 40.5 Å². The van der Waals surface area contributed by atoms with Crippen LogP contribution >= 0.6 is 0 Å². The Hall–Kier alpha value is -6.91. The first-order chi connectivity index (χ1) is 29.4. The maximum atomic E-state index is 12.5. The van der Waals surface area contributed by atoms with Crippen molar-refractivity contribution in [3.63, 3.8) is 0 Å². The second-order valence-corrected chi connectivity index (χ2v) is 19.0. The average molecular weight is 936 g/mol. The number of rotatable bonds is 12. The predicted molar refractivity (Wildman–Crippen MR) is 227 cm³/mol. The summed E-state index contributed by atoms with van der Waals surface area (Å²) in [4.78, 5) is 20.6. The predicted octanol–water partition coefficient (Wildman–Crippen LogP) is 7.39. The lowest BCUT2D eigenvalue weighted by Gasteiger charge is -2.10. The Balaban J connectivity index is 1.09. The van der Waals surface area contributed by atoms with Gasteiger partial charge in [0.15, 0.2) is 0 Å². The molecule has 6 aromatic carbocycles. The van der Waals surface area contributed by atoms with Crippen LogP contribution < -0.4 is 16.3 Å². The standard InChI is InChI=1S/C37H29N9O13S4/c1-19-13-21(9-11-29(19)45-43-23-15-27-25(33(17-23)62(54,55)56)5-3-7-31(27)60(48,49)50)38-35-40-36(42-37(47)41-35)39-22-10-12-30(20(2)14-22)46-44-24-16-28-26(34(18-24)63(57,58)59)6-4-8-32(28)61(51,52)53/h3-18H,1-2H3,(H,48,49,50)(H,51,52,53)(H,54,55,56)(H,57,58,59)(H3,38,39,40,41,42,47). The van der Waals surface area contributed by atoms with Crippen molar-refractivity contribution in [2.45, 2.75) is 33.4 Å². The first-order valence-corrected chi connectivity index (χ1v) is 23.3. The van der Waals surface area contributed by atoms with Crippen LogP contribution in [0.4, 0.5) is 46.0 Å². The quantitative estimate of drug-likeness (QED) is 0.0463. The van der Waals surface area contributed by atoms with E-state index >= 15 is 0 Å². The van der Waals surface area contributed by atoms with Gasteiger partial charge < -0.3 is 10.6 Å². The third-order valence-electron chi connectivity index (χ3n) is 9.03. The Morgan fingerprint density at radius 1 is 0.492 bits per heavy atom. The van der Waals surface area contributed by atoms with Crippen LogP contribution in [0.2, 0.25) is 0 Å². The van der Waals surface area contributed by atoms with E-state index in [0.29, 0.717) is 28.2 Å². The molecule has 0 atom stereocenters. The molecule has 0 unspecified atom stereocenters. The van der Waals surface area contributed by atoms with Gasteiger partial charge in [0.2, 0.25) is 11.9 Å². The lowest BCUT2D eigenvalue weighted by atomic mass is 10.1. The first kappa shape index (κ1) is 44.2. The number of hydrogen-bond acceptors (Lipinski definition) is 17. The molecule has 0 aliphatic heterocycles.